The molecule has 70 valence electrons. The lowest BCUT2D eigenvalue weighted by atomic mass is 10.1. The first-order valence-corrected chi connectivity index (χ1v) is 3.66. The van der Waals surface area contributed by atoms with Crippen molar-refractivity contribution in [2.45, 2.75) is 31.8 Å². The number of carbonyl (C=O) groups is 2. The van der Waals surface area contributed by atoms with Crippen molar-refractivity contribution < 1.29 is 24.9 Å². The predicted octanol–water partition coefficient (Wildman–Crippen LogP) is 0.0769. The van der Waals surface area contributed by atoms with Crippen molar-refractivity contribution in [3.05, 3.63) is 0 Å². The zero-order valence-electron chi connectivity index (χ0n) is 6.56. The molecule has 0 saturated carbocycles. The monoisotopic (exact) mass is 176 g/mol. The lowest BCUT2D eigenvalue weighted by molar-refractivity contribution is -0.146. The molecule has 0 fully saturated rings. The van der Waals surface area contributed by atoms with Crippen molar-refractivity contribution in [3.63, 3.8) is 0 Å². The molecule has 0 radical (unpaired) electrons. The molecular weight excluding hydrogens is 164 g/mol. The highest BCUT2D eigenvalue weighted by Crippen LogP contribution is 2.03. The Bertz CT molecular complexity index is 165. The molecule has 1 atom stereocenters. The summed E-state index contributed by atoms with van der Waals surface area (Å²) in [4.78, 5) is 20.1. The van der Waals surface area contributed by atoms with Crippen LogP contribution in [0, 0.1) is 0 Å². The van der Waals surface area contributed by atoms with Crippen LogP contribution in [0.25, 0.3) is 0 Å². The zero-order chi connectivity index (χ0) is 9.56. The Kier molecular flexibility index (Phi) is 5.03. The molecule has 0 aromatic heterocycles. The Morgan fingerprint density at radius 3 is 2.17 bits per heavy atom. The molecule has 0 heterocycles. The van der Waals surface area contributed by atoms with Crippen LogP contribution >= 0.6 is 0 Å². The van der Waals surface area contributed by atoms with E-state index < -0.39 is 18.0 Å². The quantitative estimate of drug-likeness (QED) is 0.498. The number of carboxylic acids is 2. The second-order valence-electron chi connectivity index (χ2n) is 2.49. The molecule has 5 nitrogen and oxygen atoms in total. The second-order valence-corrected chi connectivity index (χ2v) is 2.49. The Labute approximate surface area is 69.6 Å². The van der Waals surface area contributed by atoms with Gasteiger partial charge in [-0.25, -0.2) is 4.79 Å². The number of aliphatic carboxylic acids is 2. The highest BCUT2D eigenvalue weighted by molar-refractivity contribution is 5.71. The molecule has 0 aliphatic rings. The van der Waals surface area contributed by atoms with Gasteiger partial charge in [-0.1, -0.05) is 0 Å². The molecule has 0 rings (SSSR count). The first kappa shape index (κ1) is 10.9. The number of aliphatic hydroxyl groups is 1. The highest BCUT2D eigenvalue weighted by atomic mass is 16.4. The fourth-order valence-electron chi connectivity index (χ4n) is 0.737. The SMILES string of the molecule is O=C(O)CCCCC(O)C(=O)O. The Morgan fingerprint density at radius 2 is 1.75 bits per heavy atom. The van der Waals surface area contributed by atoms with Crippen LogP contribution in [0.2, 0.25) is 0 Å². The molecule has 1 unspecified atom stereocenters. The summed E-state index contributed by atoms with van der Waals surface area (Å²) in [6.07, 6.45) is -0.409. The van der Waals surface area contributed by atoms with Gasteiger partial charge in [-0.05, 0) is 19.3 Å². The van der Waals surface area contributed by atoms with Gasteiger partial charge < -0.3 is 15.3 Å². The topological polar surface area (TPSA) is 94.8 Å². The summed E-state index contributed by atoms with van der Waals surface area (Å²) in [7, 11) is 0. The van der Waals surface area contributed by atoms with Gasteiger partial charge in [-0.2, -0.15) is 0 Å². The van der Waals surface area contributed by atoms with E-state index in [1.807, 2.05) is 0 Å². The third kappa shape index (κ3) is 5.67. The number of unbranched alkanes of at least 4 members (excludes halogenated alkanes) is 1. The molecule has 0 aliphatic heterocycles. The van der Waals surface area contributed by atoms with E-state index in [-0.39, 0.29) is 12.8 Å². The second kappa shape index (κ2) is 5.54. The Hall–Kier alpha value is -1.10. The first-order valence-electron chi connectivity index (χ1n) is 3.66. The van der Waals surface area contributed by atoms with Gasteiger partial charge in [0.05, 0.1) is 0 Å². The summed E-state index contributed by atoms with van der Waals surface area (Å²) in [5, 5.41) is 25.2. The summed E-state index contributed by atoms with van der Waals surface area (Å²) in [5.74, 6) is -2.16. The molecule has 5 heteroatoms. The van der Waals surface area contributed by atoms with Crippen molar-refractivity contribution in [1.29, 1.82) is 0 Å². The fourth-order valence-corrected chi connectivity index (χ4v) is 0.737. The summed E-state index contributed by atoms with van der Waals surface area (Å²) in [6, 6.07) is 0. The number of hydrogen-bond acceptors (Lipinski definition) is 3. The van der Waals surface area contributed by atoms with Gasteiger partial charge in [0.2, 0.25) is 0 Å². The largest absolute Gasteiger partial charge is 0.481 e. The van der Waals surface area contributed by atoms with Gasteiger partial charge in [0, 0.05) is 6.42 Å². The van der Waals surface area contributed by atoms with E-state index in [0.29, 0.717) is 12.8 Å². The van der Waals surface area contributed by atoms with Gasteiger partial charge in [0.15, 0.2) is 6.10 Å². The van der Waals surface area contributed by atoms with Crippen LogP contribution < -0.4 is 0 Å². The molecule has 0 aromatic rings. The smallest absolute Gasteiger partial charge is 0.332 e. The average molecular weight is 176 g/mol. The van der Waals surface area contributed by atoms with Crippen LogP contribution in [0.5, 0.6) is 0 Å². The van der Waals surface area contributed by atoms with Gasteiger partial charge in [-0.15, -0.1) is 0 Å². The van der Waals surface area contributed by atoms with E-state index >= 15 is 0 Å². The van der Waals surface area contributed by atoms with Crippen molar-refractivity contribution in [2.24, 2.45) is 0 Å². The van der Waals surface area contributed by atoms with E-state index in [1.54, 1.807) is 0 Å². The molecular formula is C7H12O5. The number of rotatable bonds is 6. The molecule has 0 amide bonds. The number of carboxylic acid groups (broad SMARTS) is 2. The van der Waals surface area contributed by atoms with Crippen LogP contribution in [0.4, 0.5) is 0 Å². The maximum absolute atomic E-state index is 10.1. The standard InChI is InChI=1S/C7H12O5/c8-5(7(11)12)3-1-2-4-6(9)10/h5,8H,1-4H2,(H,9,10)(H,11,12). The van der Waals surface area contributed by atoms with Gasteiger partial charge in [0.25, 0.3) is 0 Å². The minimum atomic E-state index is -1.36. The van der Waals surface area contributed by atoms with E-state index in [9.17, 15) is 9.59 Å². The molecule has 0 aliphatic carbocycles. The molecule has 0 saturated heterocycles. The van der Waals surface area contributed by atoms with Crippen molar-refractivity contribution in [2.75, 3.05) is 0 Å². The van der Waals surface area contributed by atoms with Crippen LogP contribution in [-0.2, 0) is 9.59 Å². The average Bonchev–Trinajstić information content (AvgIpc) is 1.97. The van der Waals surface area contributed by atoms with E-state index in [0.717, 1.165) is 0 Å². The highest BCUT2D eigenvalue weighted by Gasteiger charge is 2.11. The van der Waals surface area contributed by atoms with Crippen molar-refractivity contribution in [3.8, 4) is 0 Å². The third-order valence-corrected chi connectivity index (χ3v) is 1.40. The number of hydrogen-bond donors (Lipinski definition) is 3. The molecule has 12 heavy (non-hydrogen) atoms. The van der Waals surface area contributed by atoms with E-state index in [4.69, 9.17) is 15.3 Å². The summed E-state index contributed by atoms with van der Waals surface area (Å²) in [6.45, 7) is 0. The first-order chi connectivity index (χ1) is 5.54. The lowest BCUT2D eigenvalue weighted by Gasteiger charge is -2.02. The maximum atomic E-state index is 10.1. The molecule has 3 N–H and O–H groups in total. The van der Waals surface area contributed by atoms with Gasteiger partial charge >= 0.3 is 11.9 Å². The minimum Gasteiger partial charge on any atom is -0.481 e. The van der Waals surface area contributed by atoms with Gasteiger partial charge in [0.1, 0.15) is 0 Å². The summed E-state index contributed by atoms with van der Waals surface area (Å²) >= 11 is 0. The predicted molar refractivity (Wildman–Crippen MR) is 39.7 cm³/mol. The maximum Gasteiger partial charge on any atom is 0.332 e. The van der Waals surface area contributed by atoms with Crippen LogP contribution in [0.3, 0.4) is 0 Å². The summed E-state index contributed by atoms with van der Waals surface area (Å²) in [5.41, 5.74) is 0. The molecule has 0 spiro atoms. The molecule has 0 aromatic carbocycles. The number of aliphatic hydroxyl groups excluding tert-OH is 1. The van der Waals surface area contributed by atoms with Crippen LogP contribution in [0.15, 0.2) is 0 Å². The Balaban J connectivity index is 3.31. The normalized spacial score (nSPS) is 12.4. The van der Waals surface area contributed by atoms with E-state index in [2.05, 4.69) is 0 Å². The van der Waals surface area contributed by atoms with Crippen molar-refractivity contribution in [1.82, 2.24) is 0 Å². The fraction of sp³-hybridized carbons (Fsp3) is 0.714. The lowest BCUT2D eigenvalue weighted by Crippen LogP contribution is -2.18. The van der Waals surface area contributed by atoms with Crippen LogP contribution in [0.1, 0.15) is 25.7 Å². The van der Waals surface area contributed by atoms with Gasteiger partial charge in [-0.3, -0.25) is 4.79 Å². The minimum absolute atomic E-state index is 0.0202. The van der Waals surface area contributed by atoms with E-state index in [1.165, 1.54) is 0 Å². The van der Waals surface area contributed by atoms with Crippen LogP contribution in [-0.4, -0.2) is 33.4 Å². The zero-order valence-corrected chi connectivity index (χ0v) is 6.56. The van der Waals surface area contributed by atoms with Crippen molar-refractivity contribution >= 4 is 11.9 Å². The summed E-state index contributed by atoms with van der Waals surface area (Å²) < 4.78 is 0. The third-order valence-electron chi connectivity index (χ3n) is 1.40. The Morgan fingerprint density at radius 1 is 1.17 bits per heavy atom. The molecule has 0 bridgehead atoms.